The fourth-order valence-electron chi connectivity index (χ4n) is 4.94. The number of hydrogen-bond acceptors (Lipinski definition) is 3. The summed E-state index contributed by atoms with van der Waals surface area (Å²) in [5.74, 6) is -1.32. The van der Waals surface area contributed by atoms with E-state index in [1.54, 1.807) is 15.5 Å². The lowest BCUT2D eigenvalue weighted by atomic mass is 9.91. The Labute approximate surface area is 184 Å². The van der Waals surface area contributed by atoms with E-state index >= 15 is 0 Å². The number of piperazine rings is 1. The molecule has 0 spiro atoms. The largest absolute Gasteiger partial charge is 0.367 e. The summed E-state index contributed by atoms with van der Waals surface area (Å²) in [5.41, 5.74) is 3.52. The second-order valence-electron chi connectivity index (χ2n) is 8.25. The van der Waals surface area contributed by atoms with Crippen LogP contribution in [0.4, 0.5) is 14.5 Å². The molecule has 0 unspecified atom stereocenters. The van der Waals surface area contributed by atoms with Gasteiger partial charge in [-0.05, 0) is 42.2 Å². The predicted molar refractivity (Wildman–Crippen MR) is 121 cm³/mol. The smallest absolute Gasteiger partial charge is 0.253 e. The van der Waals surface area contributed by atoms with Crippen LogP contribution in [-0.4, -0.2) is 41.6 Å². The van der Waals surface area contributed by atoms with Crippen LogP contribution in [0.1, 0.15) is 12.0 Å². The van der Waals surface area contributed by atoms with E-state index in [0.29, 0.717) is 50.3 Å². The molecule has 2 aliphatic heterocycles. The summed E-state index contributed by atoms with van der Waals surface area (Å²) in [4.78, 5) is 28.8. The fraction of sp³-hybridized carbons (Fsp3) is 0.280. The molecule has 0 atom stereocenters. The zero-order valence-corrected chi connectivity index (χ0v) is 17.6. The van der Waals surface area contributed by atoms with Gasteiger partial charge in [0.05, 0.1) is 11.2 Å². The molecule has 164 valence electrons. The van der Waals surface area contributed by atoms with Gasteiger partial charge in [-0.25, -0.2) is 8.78 Å². The summed E-state index contributed by atoms with van der Waals surface area (Å²) in [6, 6.07) is 9.07. The topological polar surface area (TPSA) is 45.6 Å². The van der Waals surface area contributed by atoms with E-state index in [4.69, 9.17) is 0 Å². The molecular formula is C25H23F2N3O2. The number of amides is 1. The number of aromatic nitrogens is 1. The first-order valence-corrected chi connectivity index (χ1v) is 10.8. The van der Waals surface area contributed by atoms with Crippen LogP contribution in [0.3, 0.4) is 0 Å². The molecule has 0 saturated carbocycles. The van der Waals surface area contributed by atoms with Crippen LogP contribution in [-0.2, 0) is 17.8 Å². The van der Waals surface area contributed by atoms with Crippen molar-refractivity contribution in [3.05, 3.63) is 76.6 Å². The van der Waals surface area contributed by atoms with Gasteiger partial charge in [0, 0.05) is 55.8 Å². The molecule has 0 aliphatic carbocycles. The van der Waals surface area contributed by atoms with Crippen LogP contribution in [0.5, 0.6) is 0 Å². The van der Waals surface area contributed by atoms with E-state index in [-0.39, 0.29) is 11.5 Å². The lowest BCUT2D eigenvalue weighted by Gasteiger charge is -2.36. The van der Waals surface area contributed by atoms with Crippen molar-refractivity contribution < 1.29 is 13.6 Å². The lowest BCUT2D eigenvalue weighted by molar-refractivity contribution is -0.126. The maximum absolute atomic E-state index is 14.6. The maximum Gasteiger partial charge on any atom is 0.253 e. The molecule has 1 amide bonds. The molecule has 0 N–H and O–H groups in total. The number of nitrogens with zero attached hydrogens (tertiary/aromatic N) is 3. The van der Waals surface area contributed by atoms with Crippen LogP contribution < -0.4 is 10.5 Å². The van der Waals surface area contributed by atoms with E-state index in [9.17, 15) is 18.4 Å². The molecule has 0 radical (unpaired) electrons. The van der Waals surface area contributed by atoms with E-state index in [1.165, 1.54) is 18.2 Å². The van der Waals surface area contributed by atoms with Crippen LogP contribution in [0.15, 0.2) is 53.8 Å². The molecule has 2 aliphatic rings. The highest BCUT2D eigenvalue weighted by Gasteiger charge is 2.25. The average molecular weight is 435 g/mol. The number of hydrogen-bond donors (Lipinski definition) is 0. The number of anilines is 1. The molecule has 3 aromatic rings. The Bertz CT molecular complexity index is 1310. The molecule has 2 aromatic carbocycles. The third-order valence-corrected chi connectivity index (χ3v) is 6.49. The minimum Gasteiger partial charge on any atom is -0.367 e. The zero-order chi connectivity index (χ0) is 22.4. The highest BCUT2D eigenvalue weighted by molar-refractivity contribution is 5.98. The molecule has 32 heavy (non-hydrogen) atoms. The molecule has 5 rings (SSSR count). The predicted octanol–water partition coefficient (Wildman–Crippen LogP) is 3.73. The quantitative estimate of drug-likeness (QED) is 0.589. The monoisotopic (exact) mass is 435 g/mol. The number of aryl methyl sites for hydroxylation is 2. The van der Waals surface area contributed by atoms with Gasteiger partial charge in [0.2, 0.25) is 5.91 Å². The van der Waals surface area contributed by atoms with E-state index in [1.807, 2.05) is 12.1 Å². The molecule has 7 heteroatoms. The summed E-state index contributed by atoms with van der Waals surface area (Å²) in [7, 11) is 0. The van der Waals surface area contributed by atoms with Crippen molar-refractivity contribution in [1.29, 1.82) is 0 Å². The maximum atomic E-state index is 14.6. The zero-order valence-electron chi connectivity index (χ0n) is 17.6. The van der Waals surface area contributed by atoms with Crippen LogP contribution in [0.25, 0.3) is 22.0 Å². The second-order valence-corrected chi connectivity index (χ2v) is 8.25. The van der Waals surface area contributed by atoms with Crippen molar-refractivity contribution in [3.8, 4) is 11.1 Å². The van der Waals surface area contributed by atoms with Crippen molar-refractivity contribution in [2.45, 2.75) is 19.4 Å². The summed E-state index contributed by atoms with van der Waals surface area (Å²) in [6.45, 7) is 6.50. The highest BCUT2D eigenvalue weighted by Crippen LogP contribution is 2.38. The van der Waals surface area contributed by atoms with Crippen LogP contribution >= 0.6 is 0 Å². The number of benzene rings is 2. The number of pyridine rings is 1. The van der Waals surface area contributed by atoms with Gasteiger partial charge in [-0.3, -0.25) is 9.59 Å². The number of rotatable bonds is 3. The van der Waals surface area contributed by atoms with Gasteiger partial charge in [-0.2, -0.15) is 0 Å². The molecule has 1 fully saturated rings. The second kappa shape index (κ2) is 7.89. The number of carbonyl (C=O) groups is 1. The standard InChI is InChI=1S/C25H23F2N3O2/c1-2-23(31)29-12-10-28(11-13-29)22-15-24(32)30-9-3-4-19-17(7-8-20(22)25(19)30)18-6-5-16(26)14-21(18)27/h2,5-8,14-15H,1,3-4,9-13H2. The molecule has 5 nitrogen and oxygen atoms in total. The first kappa shape index (κ1) is 20.4. The fourth-order valence-corrected chi connectivity index (χ4v) is 4.94. The molecular weight excluding hydrogens is 412 g/mol. The van der Waals surface area contributed by atoms with Crippen molar-refractivity contribution >= 4 is 22.5 Å². The molecule has 1 aromatic heterocycles. The summed E-state index contributed by atoms with van der Waals surface area (Å²) < 4.78 is 29.8. The first-order chi connectivity index (χ1) is 15.5. The van der Waals surface area contributed by atoms with Crippen molar-refractivity contribution in [2.75, 3.05) is 31.1 Å². The van der Waals surface area contributed by atoms with Gasteiger partial charge < -0.3 is 14.4 Å². The summed E-state index contributed by atoms with van der Waals surface area (Å²) in [5, 5.41) is 0.939. The minimum atomic E-state index is -0.617. The van der Waals surface area contributed by atoms with Gasteiger partial charge in [0.15, 0.2) is 0 Å². The number of halogens is 2. The van der Waals surface area contributed by atoms with Crippen LogP contribution in [0.2, 0.25) is 0 Å². The Balaban J connectivity index is 1.64. The van der Waals surface area contributed by atoms with Gasteiger partial charge in [-0.15, -0.1) is 0 Å². The van der Waals surface area contributed by atoms with Crippen molar-refractivity contribution in [1.82, 2.24) is 9.47 Å². The average Bonchev–Trinajstić information content (AvgIpc) is 2.81. The Morgan fingerprint density at radius 1 is 0.969 bits per heavy atom. The molecule has 0 bridgehead atoms. The van der Waals surface area contributed by atoms with E-state index < -0.39 is 11.6 Å². The third kappa shape index (κ3) is 3.28. The van der Waals surface area contributed by atoms with E-state index in [2.05, 4.69) is 11.5 Å². The van der Waals surface area contributed by atoms with Crippen LogP contribution in [0, 0.1) is 11.6 Å². The van der Waals surface area contributed by atoms with Gasteiger partial charge >= 0.3 is 0 Å². The summed E-state index contributed by atoms with van der Waals surface area (Å²) in [6.07, 6.45) is 2.82. The minimum absolute atomic E-state index is 0.0882. The normalized spacial score (nSPS) is 15.8. The summed E-state index contributed by atoms with van der Waals surface area (Å²) >= 11 is 0. The van der Waals surface area contributed by atoms with Crippen molar-refractivity contribution in [3.63, 3.8) is 0 Å². The highest BCUT2D eigenvalue weighted by atomic mass is 19.1. The first-order valence-electron chi connectivity index (χ1n) is 10.8. The molecule has 3 heterocycles. The van der Waals surface area contributed by atoms with Gasteiger partial charge in [0.1, 0.15) is 11.6 Å². The SMILES string of the molecule is C=CC(=O)N1CCN(c2cc(=O)n3c4c(c(-c5ccc(F)cc5F)ccc24)CCC3)CC1. The Hall–Kier alpha value is -3.48. The van der Waals surface area contributed by atoms with E-state index in [0.717, 1.165) is 34.6 Å². The number of carbonyl (C=O) groups excluding carboxylic acids is 1. The van der Waals surface area contributed by atoms with Crippen molar-refractivity contribution in [2.24, 2.45) is 0 Å². The molecule has 1 saturated heterocycles. The Morgan fingerprint density at radius 2 is 1.72 bits per heavy atom. The van der Waals surface area contributed by atoms with Gasteiger partial charge in [-0.1, -0.05) is 18.7 Å². The Morgan fingerprint density at radius 3 is 2.44 bits per heavy atom. The third-order valence-electron chi connectivity index (χ3n) is 6.49. The lowest BCUT2D eigenvalue weighted by Crippen LogP contribution is -2.48. The van der Waals surface area contributed by atoms with Gasteiger partial charge in [0.25, 0.3) is 5.56 Å². The Kier molecular flexibility index (Phi) is 5.04.